The minimum Gasteiger partial charge on any atom is -0.345 e. The van der Waals surface area contributed by atoms with Gasteiger partial charge >= 0.3 is 0 Å². The summed E-state index contributed by atoms with van der Waals surface area (Å²) in [5, 5.41) is 0. The van der Waals surface area contributed by atoms with Gasteiger partial charge in [0.25, 0.3) is 0 Å². The number of benzene rings is 1. The third kappa shape index (κ3) is 3.83. The molecule has 3 rings (SSSR count). The van der Waals surface area contributed by atoms with Crippen molar-refractivity contribution < 1.29 is 4.79 Å². The van der Waals surface area contributed by atoms with E-state index >= 15 is 0 Å². The van der Waals surface area contributed by atoms with Crippen LogP contribution in [0.1, 0.15) is 44.6 Å². The summed E-state index contributed by atoms with van der Waals surface area (Å²) >= 11 is 0. The van der Waals surface area contributed by atoms with Gasteiger partial charge in [-0.1, -0.05) is 43.7 Å². The van der Waals surface area contributed by atoms with E-state index in [0.717, 1.165) is 45.4 Å². The maximum absolute atomic E-state index is 12.9. The smallest absolute Gasteiger partial charge is 0.228 e. The van der Waals surface area contributed by atoms with Crippen molar-refractivity contribution in [1.29, 1.82) is 0 Å². The maximum atomic E-state index is 12.9. The zero-order valence-electron chi connectivity index (χ0n) is 15.3. The molecular formula is C21H32N2O. The Morgan fingerprint density at radius 1 is 1.08 bits per heavy atom. The number of carbonyl (C=O) groups is 1. The van der Waals surface area contributed by atoms with Crippen molar-refractivity contribution >= 4 is 5.91 Å². The van der Waals surface area contributed by atoms with Crippen LogP contribution in [0.5, 0.6) is 0 Å². The number of nitrogens with zero attached hydrogens (tertiary/aromatic N) is 2. The van der Waals surface area contributed by atoms with Crippen LogP contribution in [0.25, 0.3) is 0 Å². The molecule has 0 aliphatic carbocycles. The number of hydrogen-bond donors (Lipinski definition) is 0. The quantitative estimate of drug-likeness (QED) is 0.843. The molecule has 1 amide bonds. The third-order valence-corrected chi connectivity index (χ3v) is 6.32. The first-order valence-electron chi connectivity index (χ1n) is 9.61. The Morgan fingerprint density at radius 2 is 1.79 bits per heavy atom. The lowest BCUT2D eigenvalue weighted by molar-refractivity contribution is -0.143. The van der Waals surface area contributed by atoms with Crippen LogP contribution in [0.2, 0.25) is 0 Å². The monoisotopic (exact) mass is 328 g/mol. The largest absolute Gasteiger partial charge is 0.345 e. The summed E-state index contributed by atoms with van der Waals surface area (Å²) in [6.45, 7) is 6.60. The highest BCUT2D eigenvalue weighted by Gasteiger charge is 2.44. The Morgan fingerprint density at radius 3 is 2.50 bits per heavy atom. The Bertz CT molecular complexity index is 536. The summed E-state index contributed by atoms with van der Waals surface area (Å²) < 4.78 is 0. The zero-order valence-corrected chi connectivity index (χ0v) is 15.3. The maximum Gasteiger partial charge on any atom is 0.228 e. The number of rotatable bonds is 4. The molecule has 2 aliphatic heterocycles. The van der Waals surface area contributed by atoms with Crippen molar-refractivity contribution in [1.82, 2.24) is 9.80 Å². The van der Waals surface area contributed by atoms with Gasteiger partial charge in [-0.05, 0) is 56.7 Å². The second kappa shape index (κ2) is 7.69. The number of carbonyl (C=O) groups excluding carboxylic acids is 1. The van der Waals surface area contributed by atoms with E-state index in [4.69, 9.17) is 0 Å². The van der Waals surface area contributed by atoms with Crippen molar-refractivity contribution in [3.63, 3.8) is 0 Å². The molecule has 1 aromatic rings. The molecule has 132 valence electrons. The normalized spacial score (nSPS) is 27.2. The molecule has 0 radical (unpaired) electrons. The third-order valence-electron chi connectivity index (χ3n) is 6.32. The van der Waals surface area contributed by atoms with Gasteiger partial charge < -0.3 is 9.80 Å². The van der Waals surface area contributed by atoms with Gasteiger partial charge in [0.1, 0.15) is 0 Å². The molecule has 1 unspecified atom stereocenters. The molecule has 3 nitrogen and oxygen atoms in total. The first-order valence-corrected chi connectivity index (χ1v) is 9.61. The fourth-order valence-corrected chi connectivity index (χ4v) is 4.59. The zero-order chi connectivity index (χ0) is 17.0. The van der Waals surface area contributed by atoms with Gasteiger partial charge in [0.15, 0.2) is 0 Å². The van der Waals surface area contributed by atoms with Crippen molar-refractivity contribution in [3.8, 4) is 0 Å². The van der Waals surface area contributed by atoms with Crippen LogP contribution in [-0.4, -0.2) is 48.9 Å². The first-order chi connectivity index (χ1) is 11.6. The van der Waals surface area contributed by atoms with E-state index in [1.54, 1.807) is 0 Å². The number of piperidine rings is 1. The summed E-state index contributed by atoms with van der Waals surface area (Å²) in [5.41, 5.74) is 1.30. The van der Waals surface area contributed by atoms with Crippen molar-refractivity contribution in [2.24, 2.45) is 11.3 Å². The van der Waals surface area contributed by atoms with Crippen LogP contribution in [-0.2, 0) is 11.2 Å². The van der Waals surface area contributed by atoms with Crippen LogP contribution in [0.3, 0.4) is 0 Å². The van der Waals surface area contributed by atoms with Crippen LogP contribution in [0.4, 0.5) is 0 Å². The Balaban J connectivity index is 1.53. The Labute approximate surface area is 147 Å². The summed E-state index contributed by atoms with van der Waals surface area (Å²) in [7, 11) is 1.99. The van der Waals surface area contributed by atoms with E-state index in [1.807, 2.05) is 11.9 Å². The minimum atomic E-state index is -0.128. The topological polar surface area (TPSA) is 23.6 Å². The molecule has 24 heavy (non-hydrogen) atoms. The molecule has 2 aliphatic rings. The minimum absolute atomic E-state index is 0.128. The van der Waals surface area contributed by atoms with Gasteiger partial charge in [0.2, 0.25) is 5.91 Å². The molecule has 0 bridgehead atoms. The summed E-state index contributed by atoms with van der Waals surface area (Å²) in [4.78, 5) is 17.4. The number of likely N-dealkylation sites (tertiary alicyclic amines) is 2. The predicted molar refractivity (Wildman–Crippen MR) is 98.9 cm³/mol. The Hall–Kier alpha value is -1.35. The molecule has 0 saturated carbocycles. The van der Waals surface area contributed by atoms with Gasteiger partial charge in [-0.3, -0.25) is 4.79 Å². The van der Waals surface area contributed by atoms with Crippen LogP contribution >= 0.6 is 0 Å². The molecule has 3 heteroatoms. The van der Waals surface area contributed by atoms with E-state index in [9.17, 15) is 4.79 Å². The van der Waals surface area contributed by atoms with Crippen LogP contribution in [0, 0.1) is 11.3 Å². The number of amides is 1. The summed E-state index contributed by atoms with van der Waals surface area (Å²) in [6.07, 6.45) is 6.90. The van der Waals surface area contributed by atoms with E-state index in [0.29, 0.717) is 11.8 Å². The highest BCUT2D eigenvalue weighted by molar-refractivity contribution is 5.82. The fraction of sp³-hybridized carbons (Fsp3) is 0.667. The first kappa shape index (κ1) is 17.5. The molecular weight excluding hydrogens is 296 g/mol. The molecule has 1 atom stereocenters. The van der Waals surface area contributed by atoms with Gasteiger partial charge in [0.05, 0.1) is 0 Å². The van der Waals surface area contributed by atoms with E-state index in [1.165, 1.54) is 24.8 Å². The van der Waals surface area contributed by atoms with Gasteiger partial charge in [-0.2, -0.15) is 0 Å². The highest BCUT2D eigenvalue weighted by atomic mass is 16.2. The van der Waals surface area contributed by atoms with E-state index in [-0.39, 0.29) is 5.41 Å². The lowest BCUT2D eigenvalue weighted by atomic mass is 9.69. The summed E-state index contributed by atoms with van der Waals surface area (Å²) in [6, 6.07) is 10.8. The molecule has 2 heterocycles. The van der Waals surface area contributed by atoms with Gasteiger partial charge in [-0.15, -0.1) is 0 Å². The predicted octanol–water partition coefficient (Wildman–Crippen LogP) is 3.59. The highest BCUT2D eigenvalue weighted by Crippen LogP contribution is 2.42. The van der Waals surface area contributed by atoms with E-state index in [2.05, 4.69) is 42.2 Å². The molecule has 2 saturated heterocycles. The second-order valence-electron chi connectivity index (χ2n) is 7.95. The Kier molecular flexibility index (Phi) is 5.60. The van der Waals surface area contributed by atoms with Gasteiger partial charge in [0, 0.05) is 25.6 Å². The van der Waals surface area contributed by atoms with Crippen LogP contribution in [0.15, 0.2) is 30.3 Å². The molecule has 0 spiro atoms. The summed E-state index contributed by atoms with van der Waals surface area (Å²) in [5.74, 6) is 0.946. The van der Waals surface area contributed by atoms with Crippen molar-refractivity contribution in [2.45, 2.75) is 45.4 Å². The van der Waals surface area contributed by atoms with Crippen LogP contribution < -0.4 is 0 Å². The average molecular weight is 329 g/mol. The van der Waals surface area contributed by atoms with E-state index < -0.39 is 0 Å². The number of hydrogen-bond acceptors (Lipinski definition) is 2. The average Bonchev–Trinajstić information content (AvgIpc) is 2.75. The van der Waals surface area contributed by atoms with Crippen molar-refractivity contribution in [3.05, 3.63) is 35.9 Å². The molecule has 1 aromatic carbocycles. The van der Waals surface area contributed by atoms with Crippen molar-refractivity contribution in [2.75, 3.05) is 33.2 Å². The molecule has 0 aromatic heterocycles. The fourth-order valence-electron chi connectivity index (χ4n) is 4.59. The SMILES string of the molecule is CN1CCCCC(C)(C2CCN(CCc3ccccc3)CC2)C1=O. The standard InChI is InChI=1S/C21H32N2O/c1-21(13-6-7-14-22(2)20(21)24)19-11-16-23(17-12-19)15-10-18-8-4-3-5-9-18/h3-5,8-9,19H,6-7,10-17H2,1-2H3. The lowest BCUT2D eigenvalue weighted by Gasteiger charge is -2.42. The second-order valence-corrected chi connectivity index (χ2v) is 7.95. The van der Waals surface area contributed by atoms with Gasteiger partial charge in [-0.25, -0.2) is 0 Å². The lowest BCUT2D eigenvalue weighted by Crippen LogP contribution is -2.47. The molecule has 2 fully saturated rings. The molecule has 0 N–H and O–H groups in total.